The molecule has 2 N–H and O–H groups in total. The summed E-state index contributed by atoms with van der Waals surface area (Å²) in [7, 11) is 0. The fourth-order valence-electron chi connectivity index (χ4n) is 3.25. The summed E-state index contributed by atoms with van der Waals surface area (Å²) >= 11 is 0. The molecular formula is C24H39NO5. The van der Waals surface area contributed by atoms with Gasteiger partial charge in [0.2, 0.25) is 0 Å². The van der Waals surface area contributed by atoms with Crippen LogP contribution in [0.1, 0.15) is 66.9 Å². The van der Waals surface area contributed by atoms with Crippen LogP contribution >= 0.6 is 0 Å². The van der Waals surface area contributed by atoms with Gasteiger partial charge < -0.3 is 19.9 Å². The van der Waals surface area contributed by atoms with Gasteiger partial charge in [0.1, 0.15) is 12.2 Å². The molecule has 1 aromatic rings. The number of amides is 1. The van der Waals surface area contributed by atoms with Gasteiger partial charge in [-0.25, -0.2) is 4.79 Å². The summed E-state index contributed by atoms with van der Waals surface area (Å²) in [6.45, 7) is 13.5. The highest BCUT2D eigenvalue weighted by atomic mass is 16.6. The number of nitrogens with one attached hydrogen (secondary N) is 1. The second kappa shape index (κ2) is 11.9. The number of aliphatic hydroxyl groups is 1. The van der Waals surface area contributed by atoms with Gasteiger partial charge in [-0.2, -0.15) is 0 Å². The maximum Gasteiger partial charge on any atom is 0.407 e. The summed E-state index contributed by atoms with van der Waals surface area (Å²) in [6, 6.07) is 8.81. The number of ether oxygens (including phenoxy) is 2. The van der Waals surface area contributed by atoms with E-state index in [4.69, 9.17) is 9.47 Å². The normalized spacial score (nSPS) is 14.9. The lowest BCUT2D eigenvalue weighted by Crippen LogP contribution is -2.50. The van der Waals surface area contributed by atoms with Crippen molar-refractivity contribution in [1.29, 1.82) is 0 Å². The first kappa shape index (κ1) is 26.0. The lowest BCUT2D eigenvalue weighted by molar-refractivity contribution is -0.155. The number of carbonyl (C=O) groups excluding carboxylic acids is 2. The summed E-state index contributed by atoms with van der Waals surface area (Å²) in [5, 5.41) is 13.9. The third kappa shape index (κ3) is 10.1. The molecule has 0 aliphatic heterocycles. The predicted octanol–water partition coefficient (Wildman–Crippen LogP) is 4.69. The lowest BCUT2D eigenvalue weighted by Gasteiger charge is -2.32. The molecule has 6 heteroatoms. The SMILES string of the molecule is CC(C)C[C@H](NC(=O)OC(C)(C)C)[C@@H](O)[C@H](CC(C)C)C(=O)OCc1ccccc1. The summed E-state index contributed by atoms with van der Waals surface area (Å²) in [5.74, 6) is -0.818. The zero-order valence-electron chi connectivity index (χ0n) is 19.5. The van der Waals surface area contributed by atoms with Gasteiger partial charge in [0.15, 0.2) is 0 Å². The van der Waals surface area contributed by atoms with Crippen LogP contribution in [0.3, 0.4) is 0 Å². The second-order valence-corrected chi connectivity index (χ2v) is 9.70. The minimum absolute atomic E-state index is 0.148. The molecule has 1 aromatic carbocycles. The fourth-order valence-corrected chi connectivity index (χ4v) is 3.25. The molecule has 3 atom stereocenters. The third-order valence-corrected chi connectivity index (χ3v) is 4.50. The fraction of sp³-hybridized carbons (Fsp3) is 0.667. The van der Waals surface area contributed by atoms with E-state index < -0.39 is 35.7 Å². The monoisotopic (exact) mass is 421 g/mol. The number of aliphatic hydroxyl groups excluding tert-OH is 1. The standard InChI is InChI=1S/C24H39NO5/c1-16(2)13-19(22(27)29-15-18-11-9-8-10-12-18)21(26)20(14-17(3)4)25-23(28)30-24(5,6)7/h8-12,16-17,19-21,26H,13-15H2,1-7H3,(H,25,28)/t19-,20-,21-/m0/s1. The Hall–Kier alpha value is -2.08. The first-order valence-electron chi connectivity index (χ1n) is 10.8. The number of hydrogen-bond acceptors (Lipinski definition) is 5. The lowest BCUT2D eigenvalue weighted by atomic mass is 9.85. The minimum atomic E-state index is -1.08. The van der Waals surface area contributed by atoms with Crippen molar-refractivity contribution < 1.29 is 24.2 Å². The predicted molar refractivity (Wildman–Crippen MR) is 118 cm³/mol. The Balaban J connectivity index is 2.93. The molecule has 0 heterocycles. The molecule has 6 nitrogen and oxygen atoms in total. The van der Waals surface area contributed by atoms with E-state index in [9.17, 15) is 14.7 Å². The Labute approximate surface area is 181 Å². The highest BCUT2D eigenvalue weighted by Gasteiger charge is 2.36. The van der Waals surface area contributed by atoms with Crippen molar-refractivity contribution in [3.05, 3.63) is 35.9 Å². The van der Waals surface area contributed by atoms with E-state index >= 15 is 0 Å². The summed E-state index contributed by atoms with van der Waals surface area (Å²) in [4.78, 5) is 25.2. The van der Waals surface area contributed by atoms with Crippen LogP contribution in [0, 0.1) is 17.8 Å². The smallest absolute Gasteiger partial charge is 0.407 e. The maximum absolute atomic E-state index is 12.9. The van der Waals surface area contributed by atoms with Crippen LogP contribution in [0.5, 0.6) is 0 Å². The summed E-state index contributed by atoms with van der Waals surface area (Å²) in [6.07, 6.45) is -0.709. The van der Waals surface area contributed by atoms with Gasteiger partial charge in [-0.05, 0) is 51.0 Å². The first-order valence-corrected chi connectivity index (χ1v) is 10.8. The van der Waals surface area contributed by atoms with Crippen molar-refractivity contribution in [2.45, 2.75) is 85.7 Å². The van der Waals surface area contributed by atoms with E-state index in [1.807, 2.05) is 58.0 Å². The Kier molecular flexibility index (Phi) is 10.3. The molecule has 170 valence electrons. The molecular weight excluding hydrogens is 382 g/mol. The van der Waals surface area contributed by atoms with Crippen molar-refractivity contribution in [3.8, 4) is 0 Å². The number of esters is 1. The van der Waals surface area contributed by atoms with Crippen LogP contribution in [0.2, 0.25) is 0 Å². The zero-order valence-corrected chi connectivity index (χ0v) is 19.5. The van der Waals surface area contributed by atoms with E-state index in [0.717, 1.165) is 5.56 Å². The zero-order chi connectivity index (χ0) is 22.9. The van der Waals surface area contributed by atoms with Crippen molar-refractivity contribution in [2.24, 2.45) is 17.8 Å². The van der Waals surface area contributed by atoms with Gasteiger partial charge in [-0.1, -0.05) is 58.0 Å². The van der Waals surface area contributed by atoms with Crippen LogP contribution in [0.25, 0.3) is 0 Å². The number of hydrogen-bond donors (Lipinski definition) is 2. The van der Waals surface area contributed by atoms with Gasteiger partial charge in [0.25, 0.3) is 0 Å². The highest BCUT2D eigenvalue weighted by Crippen LogP contribution is 2.24. The molecule has 0 radical (unpaired) electrons. The average Bonchev–Trinajstić information content (AvgIpc) is 2.62. The minimum Gasteiger partial charge on any atom is -0.461 e. The molecule has 30 heavy (non-hydrogen) atoms. The van der Waals surface area contributed by atoms with E-state index in [1.54, 1.807) is 20.8 Å². The van der Waals surface area contributed by atoms with Gasteiger partial charge in [0.05, 0.1) is 18.1 Å². The van der Waals surface area contributed by atoms with E-state index in [0.29, 0.717) is 12.8 Å². The summed E-state index contributed by atoms with van der Waals surface area (Å²) < 4.78 is 10.9. The van der Waals surface area contributed by atoms with Crippen LogP contribution in [-0.2, 0) is 20.9 Å². The molecule has 1 amide bonds. The van der Waals surface area contributed by atoms with Gasteiger partial charge in [-0.15, -0.1) is 0 Å². The molecule has 0 unspecified atom stereocenters. The Morgan fingerprint density at radius 1 is 1.00 bits per heavy atom. The van der Waals surface area contributed by atoms with Crippen molar-refractivity contribution in [3.63, 3.8) is 0 Å². The van der Waals surface area contributed by atoms with Gasteiger partial charge >= 0.3 is 12.1 Å². The van der Waals surface area contributed by atoms with Crippen LogP contribution in [0.4, 0.5) is 4.79 Å². The topological polar surface area (TPSA) is 84.9 Å². The Bertz CT molecular complexity index is 651. The quantitative estimate of drug-likeness (QED) is 0.535. The second-order valence-electron chi connectivity index (χ2n) is 9.70. The molecule has 0 spiro atoms. The molecule has 0 saturated heterocycles. The van der Waals surface area contributed by atoms with Crippen LogP contribution in [-0.4, -0.2) is 34.9 Å². The summed E-state index contributed by atoms with van der Waals surface area (Å²) in [5.41, 5.74) is 0.234. The molecule has 0 saturated carbocycles. The van der Waals surface area contributed by atoms with E-state index in [-0.39, 0.29) is 18.4 Å². The van der Waals surface area contributed by atoms with Crippen LogP contribution < -0.4 is 5.32 Å². The number of benzene rings is 1. The first-order chi connectivity index (χ1) is 13.9. The highest BCUT2D eigenvalue weighted by molar-refractivity contribution is 5.74. The molecule has 0 aliphatic carbocycles. The third-order valence-electron chi connectivity index (χ3n) is 4.50. The molecule has 0 bridgehead atoms. The van der Waals surface area contributed by atoms with Crippen LogP contribution in [0.15, 0.2) is 30.3 Å². The molecule has 0 fully saturated rings. The number of rotatable bonds is 10. The van der Waals surface area contributed by atoms with Gasteiger partial charge in [0, 0.05) is 0 Å². The van der Waals surface area contributed by atoms with E-state index in [1.165, 1.54) is 0 Å². The van der Waals surface area contributed by atoms with Crippen molar-refractivity contribution >= 4 is 12.1 Å². The van der Waals surface area contributed by atoms with Gasteiger partial charge in [-0.3, -0.25) is 4.79 Å². The largest absolute Gasteiger partial charge is 0.461 e. The molecule has 0 aliphatic rings. The van der Waals surface area contributed by atoms with Crippen molar-refractivity contribution in [1.82, 2.24) is 5.32 Å². The maximum atomic E-state index is 12.9. The Morgan fingerprint density at radius 2 is 1.57 bits per heavy atom. The molecule has 1 rings (SSSR count). The molecule has 0 aromatic heterocycles. The number of alkyl carbamates (subject to hydrolysis) is 1. The average molecular weight is 422 g/mol. The number of carbonyl (C=O) groups is 2. The van der Waals surface area contributed by atoms with E-state index in [2.05, 4.69) is 5.32 Å². The van der Waals surface area contributed by atoms with Crippen molar-refractivity contribution in [2.75, 3.05) is 0 Å². The Morgan fingerprint density at radius 3 is 2.07 bits per heavy atom.